The number of fused-ring (bicyclic) bond motifs is 1. The molecular weight excluding hydrogens is 242 g/mol. The van der Waals surface area contributed by atoms with Crippen LogP contribution < -0.4 is 14.8 Å². The van der Waals surface area contributed by atoms with E-state index in [1.165, 1.54) is 11.1 Å². The van der Waals surface area contributed by atoms with Crippen molar-refractivity contribution in [2.45, 2.75) is 12.5 Å². The molecular formula is C15H17NO3. The highest BCUT2D eigenvalue weighted by atomic mass is 16.6. The van der Waals surface area contributed by atoms with Crippen LogP contribution in [-0.2, 0) is 6.42 Å². The van der Waals surface area contributed by atoms with Crippen LogP contribution in [0.2, 0.25) is 0 Å². The Labute approximate surface area is 112 Å². The molecule has 0 amide bonds. The maximum Gasteiger partial charge on any atom is 0.161 e. The molecule has 4 nitrogen and oxygen atoms in total. The summed E-state index contributed by atoms with van der Waals surface area (Å²) >= 11 is 0. The average Bonchev–Trinajstić information content (AvgIpc) is 2.97. The van der Waals surface area contributed by atoms with Gasteiger partial charge in [-0.05, 0) is 42.8 Å². The molecule has 0 spiro atoms. The quantitative estimate of drug-likeness (QED) is 0.916. The van der Waals surface area contributed by atoms with Gasteiger partial charge in [-0.15, -0.1) is 0 Å². The Balaban J connectivity index is 1.82. The van der Waals surface area contributed by atoms with Crippen molar-refractivity contribution in [2.24, 2.45) is 0 Å². The predicted molar refractivity (Wildman–Crippen MR) is 71.6 cm³/mol. The molecule has 0 radical (unpaired) electrons. The first-order chi connectivity index (χ1) is 9.36. The van der Waals surface area contributed by atoms with E-state index in [1.54, 1.807) is 12.5 Å². The van der Waals surface area contributed by atoms with Gasteiger partial charge in [0.25, 0.3) is 0 Å². The smallest absolute Gasteiger partial charge is 0.161 e. The Kier molecular flexibility index (Phi) is 3.42. The summed E-state index contributed by atoms with van der Waals surface area (Å²) < 4.78 is 16.3. The van der Waals surface area contributed by atoms with Gasteiger partial charge in [-0.3, -0.25) is 0 Å². The van der Waals surface area contributed by atoms with Gasteiger partial charge in [0.15, 0.2) is 11.5 Å². The minimum Gasteiger partial charge on any atom is -0.486 e. The first-order valence-electron chi connectivity index (χ1n) is 6.44. The highest BCUT2D eigenvalue weighted by Crippen LogP contribution is 2.33. The maximum atomic E-state index is 5.62. The lowest BCUT2D eigenvalue weighted by molar-refractivity contribution is 0.171. The zero-order valence-corrected chi connectivity index (χ0v) is 10.9. The Bertz CT molecular complexity index is 536. The minimum atomic E-state index is 0.230. The molecule has 0 saturated heterocycles. The van der Waals surface area contributed by atoms with Gasteiger partial charge in [-0.2, -0.15) is 0 Å². The summed E-state index contributed by atoms with van der Waals surface area (Å²) in [6.45, 7) is 1.24. The van der Waals surface area contributed by atoms with Gasteiger partial charge in [-0.25, -0.2) is 0 Å². The lowest BCUT2D eigenvalue weighted by atomic mass is 10.00. The standard InChI is InChI=1S/C15H17NO3/c1-16-13(8-11-4-5-17-10-11)12-2-3-14-15(9-12)19-7-6-18-14/h2-5,9-10,13,16H,6-8H2,1H3. The number of nitrogens with one attached hydrogen (secondary N) is 1. The second-order valence-electron chi connectivity index (χ2n) is 4.58. The number of furan rings is 1. The van der Waals surface area contributed by atoms with Crippen LogP contribution in [0.1, 0.15) is 17.2 Å². The van der Waals surface area contributed by atoms with Crippen LogP contribution in [0.15, 0.2) is 41.2 Å². The summed E-state index contributed by atoms with van der Waals surface area (Å²) in [6.07, 6.45) is 4.36. The van der Waals surface area contributed by atoms with E-state index in [-0.39, 0.29) is 6.04 Å². The fourth-order valence-corrected chi connectivity index (χ4v) is 2.31. The molecule has 1 aromatic carbocycles. The molecule has 0 saturated carbocycles. The van der Waals surface area contributed by atoms with Crippen molar-refractivity contribution in [3.63, 3.8) is 0 Å². The zero-order chi connectivity index (χ0) is 13.1. The molecule has 1 atom stereocenters. The van der Waals surface area contributed by atoms with Gasteiger partial charge in [0, 0.05) is 6.04 Å². The summed E-state index contributed by atoms with van der Waals surface area (Å²) in [5, 5.41) is 3.33. The number of ether oxygens (including phenoxy) is 2. The van der Waals surface area contributed by atoms with Gasteiger partial charge >= 0.3 is 0 Å². The third-order valence-corrected chi connectivity index (χ3v) is 3.34. The second kappa shape index (κ2) is 5.36. The maximum absolute atomic E-state index is 5.62. The van der Waals surface area contributed by atoms with Crippen molar-refractivity contribution < 1.29 is 13.9 Å². The van der Waals surface area contributed by atoms with Crippen LogP contribution in [0.4, 0.5) is 0 Å². The monoisotopic (exact) mass is 259 g/mol. The van der Waals surface area contributed by atoms with Crippen LogP contribution in [0.3, 0.4) is 0 Å². The third-order valence-electron chi connectivity index (χ3n) is 3.34. The molecule has 1 aliphatic heterocycles. The Morgan fingerprint density at radius 1 is 1.16 bits per heavy atom. The lowest BCUT2D eigenvalue weighted by Gasteiger charge is -2.21. The van der Waals surface area contributed by atoms with E-state index in [0.717, 1.165) is 17.9 Å². The summed E-state index contributed by atoms with van der Waals surface area (Å²) in [7, 11) is 1.96. The predicted octanol–water partition coefficient (Wildman–Crippen LogP) is 2.55. The van der Waals surface area contributed by atoms with Crippen LogP contribution in [0, 0.1) is 0 Å². The van der Waals surface area contributed by atoms with Crippen molar-refractivity contribution in [3.05, 3.63) is 47.9 Å². The number of likely N-dealkylation sites (N-methyl/N-ethyl adjacent to an activating group) is 1. The molecule has 1 N–H and O–H groups in total. The van der Waals surface area contributed by atoms with Gasteiger partial charge in [0.05, 0.1) is 12.5 Å². The SMILES string of the molecule is CNC(Cc1ccoc1)c1ccc2c(c1)OCCO2. The number of hydrogen-bond donors (Lipinski definition) is 1. The highest BCUT2D eigenvalue weighted by molar-refractivity contribution is 5.44. The van der Waals surface area contributed by atoms with Crippen molar-refractivity contribution in [2.75, 3.05) is 20.3 Å². The van der Waals surface area contributed by atoms with Crippen LogP contribution in [0.5, 0.6) is 11.5 Å². The van der Waals surface area contributed by atoms with Gasteiger partial charge in [-0.1, -0.05) is 6.07 Å². The van der Waals surface area contributed by atoms with Crippen molar-refractivity contribution in [1.82, 2.24) is 5.32 Å². The molecule has 1 aromatic heterocycles. The normalized spacial score (nSPS) is 15.2. The van der Waals surface area contributed by atoms with Crippen molar-refractivity contribution in [3.8, 4) is 11.5 Å². The van der Waals surface area contributed by atoms with Gasteiger partial charge in [0.1, 0.15) is 13.2 Å². The van der Waals surface area contributed by atoms with E-state index < -0.39 is 0 Å². The van der Waals surface area contributed by atoms with Gasteiger partial charge < -0.3 is 19.2 Å². The van der Waals surface area contributed by atoms with Crippen molar-refractivity contribution in [1.29, 1.82) is 0 Å². The van der Waals surface area contributed by atoms with E-state index in [2.05, 4.69) is 17.4 Å². The molecule has 19 heavy (non-hydrogen) atoms. The van der Waals surface area contributed by atoms with Crippen LogP contribution in [-0.4, -0.2) is 20.3 Å². The molecule has 2 heterocycles. The van der Waals surface area contributed by atoms with Crippen molar-refractivity contribution >= 4 is 0 Å². The number of benzene rings is 1. The first kappa shape index (κ1) is 12.1. The molecule has 100 valence electrons. The van der Waals surface area contributed by atoms with E-state index >= 15 is 0 Å². The lowest BCUT2D eigenvalue weighted by Crippen LogP contribution is -2.20. The highest BCUT2D eigenvalue weighted by Gasteiger charge is 2.16. The largest absolute Gasteiger partial charge is 0.486 e. The Hall–Kier alpha value is -1.94. The fraction of sp³-hybridized carbons (Fsp3) is 0.333. The van der Waals surface area contributed by atoms with E-state index in [1.807, 2.05) is 19.2 Å². The number of hydrogen-bond acceptors (Lipinski definition) is 4. The molecule has 2 aromatic rings. The molecule has 1 unspecified atom stereocenters. The molecule has 1 aliphatic rings. The number of rotatable bonds is 4. The molecule has 0 fully saturated rings. The van der Waals surface area contributed by atoms with Gasteiger partial charge in [0.2, 0.25) is 0 Å². The Morgan fingerprint density at radius 2 is 2.00 bits per heavy atom. The van der Waals surface area contributed by atoms with E-state index in [4.69, 9.17) is 13.9 Å². The second-order valence-corrected chi connectivity index (χ2v) is 4.58. The molecule has 3 rings (SSSR count). The average molecular weight is 259 g/mol. The molecule has 0 bridgehead atoms. The summed E-state index contributed by atoms with van der Waals surface area (Å²) in [5.41, 5.74) is 2.36. The third kappa shape index (κ3) is 2.58. The summed E-state index contributed by atoms with van der Waals surface area (Å²) in [5.74, 6) is 1.66. The topological polar surface area (TPSA) is 43.6 Å². The summed E-state index contributed by atoms with van der Waals surface area (Å²) in [6, 6.07) is 8.32. The minimum absolute atomic E-state index is 0.230. The van der Waals surface area contributed by atoms with E-state index in [0.29, 0.717) is 13.2 Å². The molecule has 4 heteroatoms. The van der Waals surface area contributed by atoms with Crippen LogP contribution in [0.25, 0.3) is 0 Å². The fourth-order valence-electron chi connectivity index (χ4n) is 2.31. The molecule has 0 aliphatic carbocycles. The first-order valence-corrected chi connectivity index (χ1v) is 6.44. The zero-order valence-electron chi connectivity index (χ0n) is 10.9. The Morgan fingerprint density at radius 3 is 2.74 bits per heavy atom. The van der Waals surface area contributed by atoms with E-state index in [9.17, 15) is 0 Å². The van der Waals surface area contributed by atoms with Crippen LogP contribution >= 0.6 is 0 Å². The summed E-state index contributed by atoms with van der Waals surface area (Å²) in [4.78, 5) is 0.